The number of halogens is 2. The maximum absolute atomic E-state index is 12.2. The number of anilines is 3. The molecule has 1 heterocycles. The van der Waals surface area contributed by atoms with Crippen LogP contribution < -0.4 is 10.6 Å². The molecule has 3 aromatic rings. The molecule has 0 bridgehead atoms. The number of hydrogen-bond donors (Lipinski definition) is 2. The number of nitrogens with zero attached hydrogens (tertiary/aromatic N) is 2. The fourth-order valence-electron chi connectivity index (χ4n) is 1.97. The number of hydrogen-bond acceptors (Lipinski definition) is 4. The summed E-state index contributed by atoms with van der Waals surface area (Å²) in [7, 11) is 0. The van der Waals surface area contributed by atoms with E-state index >= 15 is 0 Å². The summed E-state index contributed by atoms with van der Waals surface area (Å²) in [6.07, 6.45) is 0. The average Bonchev–Trinajstić information content (AvgIpc) is 2.60. The van der Waals surface area contributed by atoms with E-state index in [2.05, 4.69) is 20.8 Å². The molecule has 0 spiro atoms. The van der Waals surface area contributed by atoms with E-state index in [1.165, 1.54) is 0 Å². The standard InChI is InChI=1S/C17H12Cl2N4O/c18-11-6-7-13(19)15(10-11)21-17(24)14-8-9-16(23-22-14)20-12-4-2-1-3-5-12/h1-10H,(H,20,23)(H,21,24). The van der Waals surface area contributed by atoms with Gasteiger partial charge in [0.1, 0.15) is 0 Å². The first-order valence-corrected chi connectivity index (χ1v) is 7.79. The van der Waals surface area contributed by atoms with Crippen LogP contribution in [0.4, 0.5) is 17.2 Å². The first kappa shape index (κ1) is 16.2. The first-order chi connectivity index (χ1) is 11.6. The van der Waals surface area contributed by atoms with E-state index in [0.29, 0.717) is 21.6 Å². The van der Waals surface area contributed by atoms with E-state index in [4.69, 9.17) is 23.2 Å². The molecular weight excluding hydrogens is 347 g/mol. The molecule has 0 aliphatic rings. The van der Waals surface area contributed by atoms with Crippen LogP contribution in [0.5, 0.6) is 0 Å². The monoisotopic (exact) mass is 358 g/mol. The minimum atomic E-state index is -0.419. The summed E-state index contributed by atoms with van der Waals surface area (Å²) in [5.41, 5.74) is 1.47. The minimum Gasteiger partial charge on any atom is -0.339 e. The lowest BCUT2D eigenvalue weighted by Crippen LogP contribution is -2.14. The molecule has 0 saturated heterocycles. The summed E-state index contributed by atoms with van der Waals surface area (Å²) in [6, 6.07) is 17.6. The molecule has 1 amide bonds. The van der Waals surface area contributed by atoms with Crippen molar-refractivity contribution in [3.05, 3.63) is 76.4 Å². The average molecular weight is 359 g/mol. The summed E-state index contributed by atoms with van der Waals surface area (Å²) >= 11 is 11.9. The number of amides is 1. The maximum atomic E-state index is 12.2. The predicted octanol–water partition coefficient (Wildman–Crippen LogP) is 4.78. The Morgan fingerprint density at radius 1 is 0.917 bits per heavy atom. The zero-order valence-electron chi connectivity index (χ0n) is 12.3. The lowest BCUT2D eigenvalue weighted by Gasteiger charge is -2.08. The third-order valence-electron chi connectivity index (χ3n) is 3.12. The third-order valence-corrected chi connectivity index (χ3v) is 3.68. The Labute approximate surface area is 148 Å². The Morgan fingerprint density at radius 3 is 2.42 bits per heavy atom. The molecule has 0 radical (unpaired) electrons. The van der Waals surface area contributed by atoms with Crippen LogP contribution in [0.1, 0.15) is 10.5 Å². The Balaban J connectivity index is 1.71. The highest BCUT2D eigenvalue weighted by Crippen LogP contribution is 2.25. The summed E-state index contributed by atoms with van der Waals surface area (Å²) in [6.45, 7) is 0. The van der Waals surface area contributed by atoms with Gasteiger partial charge in [-0.25, -0.2) is 0 Å². The molecule has 1 aromatic heterocycles. The molecule has 0 aliphatic heterocycles. The fraction of sp³-hybridized carbons (Fsp3) is 0. The molecule has 0 saturated carbocycles. The second-order valence-electron chi connectivity index (χ2n) is 4.87. The smallest absolute Gasteiger partial charge is 0.276 e. The second-order valence-corrected chi connectivity index (χ2v) is 5.72. The van der Waals surface area contributed by atoms with Crippen LogP contribution >= 0.6 is 23.2 Å². The van der Waals surface area contributed by atoms with Crippen molar-refractivity contribution in [2.75, 3.05) is 10.6 Å². The van der Waals surface area contributed by atoms with E-state index in [1.54, 1.807) is 30.3 Å². The van der Waals surface area contributed by atoms with Crippen LogP contribution in [0.15, 0.2) is 60.7 Å². The Kier molecular flexibility index (Phi) is 4.93. The van der Waals surface area contributed by atoms with Gasteiger partial charge in [-0.1, -0.05) is 41.4 Å². The number of aromatic nitrogens is 2. The van der Waals surface area contributed by atoms with Gasteiger partial charge in [0.25, 0.3) is 5.91 Å². The van der Waals surface area contributed by atoms with Gasteiger partial charge in [0.2, 0.25) is 0 Å². The van der Waals surface area contributed by atoms with E-state index < -0.39 is 5.91 Å². The lowest BCUT2D eigenvalue weighted by atomic mass is 10.3. The van der Waals surface area contributed by atoms with Gasteiger partial charge in [-0.3, -0.25) is 4.79 Å². The van der Waals surface area contributed by atoms with Crippen molar-refractivity contribution in [1.29, 1.82) is 0 Å². The van der Waals surface area contributed by atoms with Crippen molar-refractivity contribution in [1.82, 2.24) is 10.2 Å². The van der Waals surface area contributed by atoms with Gasteiger partial charge in [-0.2, -0.15) is 0 Å². The van der Waals surface area contributed by atoms with Crippen molar-refractivity contribution in [2.24, 2.45) is 0 Å². The summed E-state index contributed by atoms with van der Waals surface area (Å²) < 4.78 is 0. The SMILES string of the molecule is O=C(Nc1cc(Cl)ccc1Cl)c1ccc(Nc2ccccc2)nn1. The second kappa shape index (κ2) is 7.29. The third kappa shape index (κ3) is 4.01. The molecule has 2 N–H and O–H groups in total. The van der Waals surface area contributed by atoms with Crippen LogP contribution in [0.2, 0.25) is 10.0 Å². The summed E-state index contributed by atoms with van der Waals surface area (Å²) in [4.78, 5) is 12.2. The Morgan fingerprint density at radius 2 is 1.71 bits per heavy atom. The predicted molar refractivity (Wildman–Crippen MR) is 96.2 cm³/mol. The molecule has 2 aromatic carbocycles. The molecule has 7 heteroatoms. The highest BCUT2D eigenvalue weighted by molar-refractivity contribution is 6.35. The lowest BCUT2D eigenvalue weighted by molar-refractivity contribution is 0.102. The van der Waals surface area contributed by atoms with Crippen LogP contribution in [0.3, 0.4) is 0 Å². The van der Waals surface area contributed by atoms with Crippen molar-refractivity contribution >= 4 is 46.3 Å². The molecule has 0 aliphatic carbocycles. The van der Waals surface area contributed by atoms with E-state index in [1.807, 2.05) is 30.3 Å². The fourth-order valence-corrected chi connectivity index (χ4v) is 2.31. The van der Waals surface area contributed by atoms with E-state index in [9.17, 15) is 4.79 Å². The van der Waals surface area contributed by atoms with Crippen LogP contribution in [0.25, 0.3) is 0 Å². The summed E-state index contributed by atoms with van der Waals surface area (Å²) in [5, 5.41) is 14.5. The van der Waals surface area contributed by atoms with Crippen LogP contribution in [0, 0.1) is 0 Å². The largest absolute Gasteiger partial charge is 0.339 e. The maximum Gasteiger partial charge on any atom is 0.276 e. The van der Waals surface area contributed by atoms with Crippen LogP contribution in [-0.4, -0.2) is 16.1 Å². The van der Waals surface area contributed by atoms with Gasteiger partial charge in [-0.05, 0) is 42.5 Å². The van der Waals surface area contributed by atoms with Gasteiger partial charge in [0.05, 0.1) is 10.7 Å². The van der Waals surface area contributed by atoms with Gasteiger partial charge >= 0.3 is 0 Å². The molecule has 0 atom stereocenters. The quantitative estimate of drug-likeness (QED) is 0.704. The number of nitrogens with one attached hydrogen (secondary N) is 2. The van der Waals surface area contributed by atoms with Gasteiger partial charge in [0.15, 0.2) is 11.5 Å². The molecule has 5 nitrogen and oxygen atoms in total. The normalized spacial score (nSPS) is 10.2. The first-order valence-electron chi connectivity index (χ1n) is 7.04. The number of benzene rings is 2. The van der Waals surface area contributed by atoms with Crippen molar-refractivity contribution in [3.63, 3.8) is 0 Å². The molecule has 0 unspecified atom stereocenters. The van der Waals surface area contributed by atoms with Crippen molar-refractivity contribution < 1.29 is 4.79 Å². The minimum absolute atomic E-state index is 0.171. The van der Waals surface area contributed by atoms with Crippen molar-refractivity contribution in [3.8, 4) is 0 Å². The number of rotatable bonds is 4. The number of para-hydroxylation sites is 1. The Bertz CT molecular complexity index is 854. The zero-order chi connectivity index (χ0) is 16.9. The Hall–Kier alpha value is -2.63. The summed E-state index contributed by atoms with van der Waals surface area (Å²) in [5.74, 6) is 0.122. The molecular formula is C17H12Cl2N4O. The van der Waals surface area contributed by atoms with Gasteiger partial charge in [0, 0.05) is 10.7 Å². The van der Waals surface area contributed by atoms with Gasteiger partial charge < -0.3 is 10.6 Å². The molecule has 0 fully saturated rings. The highest BCUT2D eigenvalue weighted by Gasteiger charge is 2.11. The number of carbonyl (C=O) groups is 1. The zero-order valence-corrected chi connectivity index (χ0v) is 13.8. The van der Waals surface area contributed by atoms with E-state index in [0.717, 1.165) is 5.69 Å². The molecule has 120 valence electrons. The molecule has 24 heavy (non-hydrogen) atoms. The molecule has 3 rings (SSSR count). The topological polar surface area (TPSA) is 66.9 Å². The van der Waals surface area contributed by atoms with E-state index in [-0.39, 0.29) is 5.69 Å². The van der Waals surface area contributed by atoms with Crippen LogP contribution in [-0.2, 0) is 0 Å². The van der Waals surface area contributed by atoms with Crippen molar-refractivity contribution in [2.45, 2.75) is 0 Å². The van der Waals surface area contributed by atoms with Gasteiger partial charge in [-0.15, -0.1) is 10.2 Å². The number of carbonyl (C=O) groups excluding carboxylic acids is 1. The highest BCUT2D eigenvalue weighted by atomic mass is 35.5.